The number of allylic oxidation sites excluding steroid dienone is 2. The lowest BCUT2D eigenvalue weighted by Crippen LogP contribution is -2.43. The number of benzene rings is 2. The van der Waals surface area contributed by atoms with Crippen molar-refractivity contribution in [1.29, 1.82) is 0 Å². The van der Waals surface area contributed by atoms with Gasteiger partial charge in [-0.3, -0.25) is 24.6 Å². The van der Waals surface area contributed by atoms with Crippen LogP contribution in [0.5, 0.6) is 11.5 Å². The predicted octanol–water partition coefficient (Wildman–Crippen LogP) is 4.47. The highest BCUT2D eigenvalue weighted by atomic mass is 16.6. The van der Waals surface area contributed by atoms with Gasteiger partial charge in [-0.1, -0.05) is 19.9 Å². The van der Waals surface area contributed by atoms with Crippen LogP contribution >= 0.6 is 0 Å². The number of nitrogens with zero attached hydrogens (tertiary/aromatic N) is 2. The number of methoxy groups -OCH3 is 1. The lowest BCUT2D eigenvalue weighted by molar-refractivity contribution is -0.384. The van der Waals surface area contributed by atoms with Gasteiger partial charge in [-0.2, -0.15) is 0 Å². The van der Waals surface area contributed by atoms with Gasteiger partial charge in [0.15, 0.2) is 17.3 Å². The summed E-state index contributed by atoms with van der Waals surface area (Å²) in [5.74, 6) is -0.410. The molecule has 0 saturated heterocycles. The minimum absolute atomic E-state index is 0.0174. The Morgan fingerprint density at radius 2 is 1.81 bits per heavy atom. The molecule has 1 heterocycles. The highest BCUT2D eigenvalue weighted by molar-refractivity contribution is 6.07. The van der Waals surface area contributed by atoms with Gasteiger partial charge in [-0.25, -0.2) is 0 Å². The Morgan fingerprint density at radius 1 is 1.12 bits per heavy atom. The van der Waals surface area contributed by atoms with Crippen LogP contribution in [0, 0.1) is 15.5 Å². The van der Waals surface area contributed by atoms with Crippen LogP contribution in [0.4, 0.5) is 11.4 Å². The molecule has 1 aliphatic heterocycles. The summed E-state index contributed by atoms with van der Waals surface area (Å²) in [6.45, 7) is 3.97. The van der Waals surface area contributed by atoms with Crippen molar-refractivity contribution in [3.63, 3.8) is 0 Å². The van der Waals surface area contributed by atoms with E-state index in [-0.39, 0.29) is 40.7 Å². The summed E-state index contributed by atoms with van der Waals surface area (Å²) in [4.78, 5) is 38.7. The van der Waals surface area contributed by atoms with E-state index in [1.54, 1.807) is 12.1 Å². The number of hydrogen-bond donors (Lipinski definition) is 1. The van der Waals surface area contributed by atoms with Gasteiger partial charge in [-0.15, -0.1) is 0 Å². The highest BCUT2D eigenvalue weighted by Crippen LogP contribution is 2.49. The fraction of sp³-hybridized carbons (Fsp3) is 0.333. The second-order valence-electron chi connectivity index (χ2n) is 8.99. The number of phenolic OH excluding ortho intramolecular Hbond substituents is 1. The van der Waals surface area contributed by atoms with Crippen molar-refractivity contribution in [2.75, 3.05) is 12.0 Å². The van der Waals surface area contributed by atoms with Gasteiger partial charge in [0.05, 0.1) is 12.0 Å². The monoisotopic (exact) mass is 436 g/mol. The first-order valence-electron chi connectivity index (χ1n) is 10.3. The third kappa shape index (κ3) is 3.72. The van der Waals surface area contributed by atoms with Crippen LogP contribution in [0.25, 0.3) is 0 Å². The second kappa shape index (κ2) is 7.78. The van der Waals surface area contributed by atoms with E-state index < -0.39 is 10.8 Å². The van der Waals surface area contributed by atoms with Crippen molar-refractivity contribution >= 4 is 23.1 Å². The summed E-state index contributed by atoms with van der Waals surface area (Å²) in [5, 5.41) is 21.0. The summed E-state index contributed by atoms with van der Waals surface area (Å²) in [6, 6.07) is 10.7. The third-order valence-corrected chi connectivity index (χ3v) is 6.07. The molecular formula is C24H24N2O6. The molecule has 8 nitrogen and oxygen atoms in total. The average molecular weight is 436 g/mol. The first kappa shape index (κ1) is 21.5. The molecule has 0 saturated carbocycles. The predicted molar refractivity (Wildman–Crippen MR) is 118 cm³/mol. The maximum atomic E-state index is 13.4. The minimum Gasteiger partial charge on any atom is -0.504 e. The zero-order valence-electron chi connectivity index (χ0n) is 18.1. The minimum atomic E-state index is -0.492. The van der Waals surface area contributed by atoms with E-state index in [4.69, 9.17) is 4.74 Å². The Kier molecular flexibility index (Phi) is 5.24. The van der Waals surface area contributed by atoms with Crippen molar-refractivity contribution in [3.8, 4) is 11.5 Å². The van der Waals surface area contributed by atoms with Crippen LogP contribution in [-0.2, 0) is 9.59 Å². The van der Waals surface area contributed by atoms with E-state index in [0.717, 1.165) is 5.56 Å². The number of carbonyl (C=O) groups is 2. The fourth-order valence-electron chi connectivity index (χ4n) is 4.63. The third-order valence-electron chi connectivity index (χ3n) is 6.07. The highest BCUT2D eigenvalue weighted by Gasteiger charge is 2.44. The number of rotatable bonds is 4. The van der Waals surface area contributed by atoms with E-state index in [0.29, 0.717) is 29.8 Å². The molecule has 4 rings (SSSR count). The maximum Gasteiger partial charge on any atom is 0.269 e. The SMILES string of the molecule is COc1cc(C2CC(=O)N(c3ccc([N+](=O)[O-])cc3)C3=C2C(=O)CC(C)(C)C3)ccc1O. The number of aromatic hydroxyl groups is 1. The van der Waals surface area contributed by atoms with Crippen LogP contribution in [0.3, 0.4) is 0 Å². The number of non-ortho nitro benzene ring substituents is 1. The fourth-order valence-corrected chi connectivity index (χ4v) is 4.63. The first-order chi connectivity index (χ1) is 15.1. The normalized spacial score (nSPS) is 20.2. The van der Waals surface area contributed by atoms with Gasteiger partial charge in [0.2, 0.25) is 5.91 Å². The molecule has 0 aromatic heterocycles. The number of hydrogen-bond acceptors (Lipinski definition) is 6. The lowest BCUT2D eigenvalue weighted by atomic mass is 9.69. The molecule has 0 bridgehead atoms. The number of carbonyl (C=O) groups excluding carboxylic acids is 2. The van der Waals surface area contributed by atoms with Crippen molar-refractivity contribution in [2.45, 2.75) is 39.0 Å². The molecular weight excluding hydrogens is 412 g/mol. The Morgan fingerprint density at radius 3 is 2.44 bits per heavy atom. The van der Waals surface area contributed by atoms with Gasteiger partial charge in [-0.05, 0) is 41.7 Å². The van der Waals surface area contributed by atoms with Crippen molar-refractivity contribution in [1.82, 2.24) is 0 Å². The molecule has 0 fully saturated rings. The Labute approximate surface area is 185 Å². The van der Waals surface area contributed by atoms with Gasteiger partial charge < -0.3 is 9.84 Å². The molecule has 8 heteroatoms. The second-order valence-corrected chi connectivity index (χ2v) is 8.99. The lowest BCUT2D eigenvalue weighted by Gasteiger charge is -2.43. The van der Waals surface area contributed by atoms with Gasteiger partial charge in [0.25, 0.3) is 5.69 Å². The van der Waals surface area contributed by atoms with E-state index >= 15 is 0 Å². The molecule has 2 aromatic carbocycles. The number of phenols is 1. The summed E-state index contributed by atoms with van der Waals surface area (Å²) < 4.78 is 5.22. The number of nitro groups is 1. The molecule has 2 aliphatic rings. The van der Waals surface area contributed by atoms with Crippen LogP contribution < -0.4 is 9.64 Å². The molecule has 0 spiro atoms. The zero-order valence-corrected chi connectivity index (χ0v) is 18.1. The molecule has 1 aliphatic carbocycles. The summed E-state index contributed by atoms with van der Waals surface area (Å²) >= 11 is 0. The topological polar surface area (TPSA) is 110 Å². The van der Waals surface area contributed by atoms with Gasteiger partial charge in [0.1, 0.15) is 0 Å². The molecule has 1 amide bonds. The van der Waals surface area contributed by atoms with E-state index in [9.17, 15) is 24.8 Å². The Bertz CT molecular complexity index is 1150. The van der Waals surface area contributed by atoms with Gasteiger partial charge >= 0.3 is 0 Å². The smallest absolute Gasteiger partial charge is 0.269 e. The van der Waals surface area contributed by atoms with Gasteiger partial charge in [0, 0.05) is 47.8 Å². The van der Waals surface area contributed by atoms with E-state index in [1.165, 1.54) is 42.3 Å². The summed E-state index contributed by atoms with van der Waals surface area (Å²) in [7, 11) is 1.44. The Balaban J connectivity index is 1.86. The maximum absolute atomic E-state index is 13.4. The molecule has 0 radical (unpaired) electrons. The number of Topliss-reactive ketones (excluding diaryl/α,β-unsaturated/α-hetero) is 1. The largest absolute Gasteiger partial charge is 0.504 e. The van der Waals surface area contributed by atoms with Crippen molar-refractivity contribution in [3.05, 3.63) is 69.4 Å². The molecule has 2 aromatic rings. The van der Waals surface area contributed by atoms with E-state index in [1.807, 2.05) is 13.8 Å². The number of nitro benzene ring substituents is 1. The number of ketones is 1. The van der Waals surface area contributed by atoms with Crippen molar-refractivity contribution < 1.29 is 24.4 Å². The number of ether oxygens (including phenoxy) is 1. The molecule has 32 heavy (non-hydrogen) atoms. The molecule has 1 N–H and O–H groups in total. The first-order valence-corrected chi connectivity index (χ1v) is 10.3. The molecule has 1 unspecified atom stereocenters. The average Bonchev–Trinajstić information content (AvgIpc) is 2.72. The summed E-state index contributed by atoms with van der Waals surface area (Å²) in [5.41, 5.74) is 2.03. The quantitative estimate of drug-likeness (QED) is 0.559. The van der Waals surface area contributed by atoms with E-state index in [2.05, 4.69) is 0 Å². The number of anilines is 1. The molecule has 166 valence electrons. The number of amides is 1. The standard InChI is InChI=1S/C24H24N2O6/c1-24(2)12-18-23(20(28)13-24)17(14-4-9-19(27)21(10-14)32-3)11-22(29)25(18)15-5-7-16(8-6-15)26(30)31/h4-10,17,27H,11-13H2,1-3H3. The van der Waals surface area contributed by atoms with Crippen LogP contribution in [-0.4, -0.2) is 28.8 Å². The van der Waals surface area contributed by atoms with Crippen molar-refractivity contribution in [2.24, 2.45) is 5.41 Å². The molecule has 1 atom stereocenters. The van der Waals surface area contributed by atoms with Crippen LogP contribution in [0.15, 0.2) is 53.7 Å². The van der Waals surface area contributed by atoms with Crippen LogP contribution in [0.2, 0.25) is 0 Å². The van der Waals surface area contributed by atoms with Crippen LogP contribution in [0.1, 0.15) is 44.6 Å². The Hall–Kier alpha value is -3.68. The summed E-state index contributed by atoms with van der Waals surface area (Å²) in [6.07, 6.45) is 0.943. The zero-order chi connectivity index (χ0) is 23.2.